The van der Waals surface area contributed by atoms with Gasteiger partial charge in [-0.15, -0.1) is 0 Å². The van der Waals surface area contributed by atoms with Gasteiger partial charge in [-0.2, -0.15) is 0 Å². The Balaban J connectivity index is 1.79. The first-order valence-corrected chi connectivity index (χ1v) is 11.1. The van der Waals surface area contributed by atoms with Crippen LogP contribution < -0.4 is 5.56 Å². The van der Waals surface area contributed by atoms with Crippen LogP contribution in [0, 0.1) is 19.8 Å². The zero-order valence-electron chi connectivity index (χ0n) is 18.8. The first-order chi connectivity index (χ1) is 15.4. The summed E-state index contributed by atoms with van der Waals surface area (Å²) in [5, 5.41) is 1.12. The van der Waals surface area contributed by atoms with Crippen molar-refractivity contribution in [1.82, 2.24) is 9.47 Å². The monoisotopic (exact) mass is 432 g/mol. The lowest BCUT2D eigenvalue weighted by molar-refractivity contribution is -0.149. The zero-order valence-corrected chi connectivity index (χ0v) is 18.8. The lowest BCUT2D eigenvalue weighted by Gasteiger charge is -2.32. The summed E-state index contributed by atoms with van der Waals surface area (Å²) in [5.41, 5.74) is 3.23. The largest absolute Gasteiger partial charge is 0.466 e. The number of hydrogen-bond donors (Lipinski definition) is 0. The third kappa shape index (κ3) is 4.05. The maximum atomic E-state index is 13.6. The van der Waals surface area contributed by atoms with E-state index in [0.717, 1.165) is 23.2 Å². The molecule has 6 nitrogen and oxygen atoms in total. The molecular weight excluding hydrogens is 404 g/mol. The molecule has 0 saturated carbocycles. The van der Waals surface area contributed by atoms with Crippen LogP contribution in [0.1, 0.15) is 41.3 Å². The van der Waals surface area contributed by atoms with E-state index in [1.807, 2.05) is 44.2 Å². The Kier molecular flexibility index (Phi) is 6.12. The van der Waals surface area contributed by atoms with Gasteiger partial charge in [-0.3, -0.25) is 19.0 Å². The molecule has 1 amide bonds. The number of hydrogen-bond acceptors (Lipinski definition) is 4. The number of aryl methyl sites for hydroxylation is 2. The van der Waals surface area contributed by atoms with Gasteiger partial charge in [-0.05, 0) is 62.9 Å². The Morgan fingerprint density at radius 3 is 2.53 bits per heavy atom. The van der Waals surface area contributed by atoms with E-state index < -0.39 is 0 Å². The van der Waals surface area contributed by atoms with Crippen LogP contribution in [0.4, 0.5) is 0 Å². The minimum absolute atomic E-state index is 0.163. The highest BCUT2D eigenvalue weighted by atomic mass is 16.5. The van der Waals surface area contributed by atoms with Crippen molar-refractivity contribution < 1.29 is 14.3 Å². The normalized spacial score (nSPS) is 16.2. The minimum Gasteiger partial charge on any atom is -0.466 e. The number of benzene rings is 2. The number of nitrogens with zero attached hydrogens (tertiary/aromatic N) is 2. The number of carbonyl (C=O) groups excluding carboxylic acids is 2. The second-order valence-corrected chi connectivity index (χ2v) is 8.37. The van der Waals surface area contributed by atoms with Crippen LogP contribution in [0.2, 0.25) is 0 Å². The SMILES string of the molecule is CCOC(=O)C1CCCN(C(=O)c2cn(-c3ccc(C)c(C)c3)c(=O)c3ccccc23)C1. The number of rotatable bonds is 4. The first kappa shape index (κ1) is 21.8. The number of esters is 1. The maximum Gasteiger partial charge on any atom is 0.310 e. The van der Waals surface area contributed by atoms with Gasteiger partial charge in [-0.25, -0.2) is 0 Å². The summed E-state index contributed by atoms with van der Waals surface area (Å²) in [6.45, 7) is 7.04. The summed E-state index contributed by atoms with van der Waals surface area (Å²) in [4.78, 5) is 40.8. The van der Waals surface area contributed by atoms with Gasteiger partial charge in [-0.1, -0.05) is 24.3 Å². The number of amides is 1. The third-order valence-corrected chi connectivity index (χ3v) is 6.25. The molecule has 1 fully saturated rings. The van der Waals surface area contributed by atoms with Crippen molar-refractivity contribution in [2.75, 3.05) is 19.7 Å². The summed E-state index contributed by atoms with van der Waals surface area (Å²) < 4.78 is 6.73. The van der Waals surface area contributed by atoms with Gasteiger partial charge in [0.05, 0.1) is 18.1 Å². The van der Waals surface area contributed by atoms with Crippen LogP contribution in [0.5, 0.6) is 0 Å². The highest BCUT2D eigenvalue weighted by molar-refractivity contribution is 6.06. The third-order valence-electron chi connectivity index (χ3n) is 6.25. The Hall–Kier alpha value is -3.41. The van der Waals surface area contributed by atoms with Gasteiger partial charge < -0.3 is 9.64 Å². The predicted octanol–water partition coefficient (Wildman–Crippen LogP) is 4.02. The minimum atomic E-state index is -0.315. The Morgan fingerprint density at radius 2 is 1.81 bits per heavy atom. The van der Waals surface area contributed by atoms with E-state index in [-0.39, 0.29) is 23.4 Å². The topological polar surface area (TPSA) is 68.6 Å². The average molecular weight is 433 g/mol. The molecule has 32 heavy (non-hydrogen) atoms. The molecule has 0 bridgehead atoms. The van der Waals surface area contributed by atoms with Gasteiger partial charge in [0, 0.05) is 35.7 Å². The average Bonchev–Trinajstić information content (AvgIpc) is 2.81. The summed E-state index contributed by atoms with van der Waals surface area (Å²) in [6.07, 6.45) is 3.10. The number of likely N-dealkylation sites (tertiary alicyclic amines) is 1. The summed E-state index contributed by atoms with van der Waals surface area (Å²) in [5.74, 6) is -0.743. The van der Waals surface area contributed by atoms with E-state index in [9.17, 15) is 14.4 Å². The van der Waals surface area contributed by atoms with Gasteiger partial charge in [0.25, 0.3) is 11.5 Å². The number of ether oxygens (including phenoxy) is 1. The van der Waals surface area contributed by atoms with E-state index in [2.05, 4.69) is 0 Å². The number of piperidine rings is 1. The standard InChI is InChI=1S/C26H28N2O4/c1-4-32-26(31)19-8-7-13-27(15-19)24(29)23-16-28(20-12-11-17(2)18(3)14-20)25(30)22-10-6-5-9-21(22)23/h5-6,9-12,14,16,19H,4,7-8,13,15H2,1-3H3. The van der Waals surface area contributed by atoms with Crippen LogP contribution >= 0.6 is 0 Å². The van der Waals surface area contributed by atoms with Crippen molar-refractivity contribution >= 4 is 22.6 Å². The molecule has 0 radical (unpaired) electrons. The maximum absolute atomic E-state index is 13.6. The van der Waals surface area contributed by atoms with Crippen LogP contribution in [0.3, 0.4) is 0 Å². The molecule has 166 valence electrons. The molecule has 1 aromatic heterocycles. The summed E-state index contributed by atoms with van der Waals surface area (Å²) in [6, 6.07) is 13.0. The lowest BCUT2D eigenvalue weighted by atomic mass is 9.97. The second-order valence-electron chi connectivity index (χ2n) is 8.37. The number of fused-ring (bicyclic) bond motifs is 1. The van der Waals surface area contributed by atoms with Gasteiger partial charge in [0.2, 0.25) is 0 Å². The molecule has 2 aromatic carbocycles. The number of aromatic nitrogens is 1. The predicted molar refractivity (Wildman–Crippen MR) is 124 cm³/mol. The Morgan fingerprint density at radius 1 is 1.06 bits per heavy atom. The van der Waals surface area contributed by atoms with Crippen molar-refractivity contribution in [3.63, 3.8) is 0 Å². The molecule has 1 aliphatic heterocycles. The molecule has 0 aliphatic carbocycles. The van der Waals surface area contributed by atoms with Crippen molar-refractivity contribution in [2.24, 2.45) is 5.92 Å². The summed E-state index contributed by atoms with van der Waals surface area (Å²) in [7, 11) is 0. The highest BCUT2D eigenvalue weighted by Crippen LogP contribution is 2.24. The lowest BCUT2D eigenvalue weighted by Crippen LogP contribution is -2.43. The molecule has 4 rings (SSSR count). The Bertz CT molecular complexity index is 1240. The number of carbonyl (C=O) groups is 2. The van der Waals surface area contributed by atoms with E-state index >= 15 is 0 Å². The first-order valence-electron chi connectivity index (χ1n) is 11.1. The fourth-order valence-corrected chi connectivity index (χ4v) is 4.31. The molecule has 0 N–H and O–H groups in total. The van der Waals surface area contributed by atoms with Gasteiger partial charge in [0.1, 0.15) is 0 Å². The molecule has 6 heteroatoms. The van der Waals surface area contributed by atoms with Gasteiger partial charge in [0.15, 0.2) is 0 Å². The highest BCUT2D eigenvalue weighted by Gasteiger charge is 2.31. The van der Waals surface area contributed by atoms with Crippen LogP contribution in [0.15, 0.2) is 53.5 Å². The van der Waals surface area contributed by atoms with Crippen molar-refractivity contribution in [3.8, 4) is 5.69 Å². The molecule has 1 saturated heterocycles. The van der Waals surface area contributed by atoms with Crippen molar-refractivity contribution in [2.45, 2.75) is 33.6 Å². The molecule has 0 spiro atoms. The van der Waals surface area contributed by atoms with Crippen LogP contribution in [-0.4, -0.2) is 41.0 Å². The van der Waals surface area contributed by atoms with Crippen LogP contribution in [-0.2, 0) is 9.53 Å². The molecule has 3 aromatic rings. The molecule has 1 aliphatic rings. The molecule has 1 unspecified atom stereocenters. The molecule has 1 atom stereocenters. The smallest absolute Gasteiger partial charge is 0.310 e. The van der Waals surface area contributed by atoms with Gasteiger partial charge >= 0.3 is 5.97 Å². The fourth-order valence-electron chi connectivity index (χ4n) is 4.31. The van der Waals surface area contributed by atoms with E-state index in [1.165, 1.54) is 0 Å². The van der Waals surface area contributed by atoms with E-state index in [1.54, 1.807) is 34.7 Å². The van der Waals surface area contributed by atoms with E-state index in [4.69, 9.17) is 4.74 Å². The zero-order chi connectivity index (χ0) is 22.8. The summed E-state index contributed by atoms with van der Waals surface area (Å²) >= 11 is 0. The number of pyridine rings is 1. The quantitative estimate of drug-likeness (QED) is 0.584. The molecule has 2 heterocycles. The van der Waals surface area contributed by atoms with Crippen molar-refractivity contribution in [3.05, 3.63) is 75.7 Å². The Labute approximate surface area is 187 Å². The van der Waals surface area contributed by atoms with Crippen LogP contribution in [0.25, 0.3) is 16.5 Å². The van der Waals surface area contributed by atoms with Crippen molar-refractivity contribution in [1.29, 1.82) is 0 Å². The second kappa shape index (κ2) is 8.99. The fraction of sp³-hybridized carbons (Fsp3) is 0.346. The van der Waals surface area contributed by atoms with E-state index in [0.29, 0.717) is 42.5 Å². The molecular formula is C26H28N2O4.